The predicted molar refractivity (Wildman–Crippen MR) is 80.6 cm³/mol. The van der Waals surface area contributed by atoms with Gasteiger partial charge in [0, 0.05) is 12.6 Å². The fourth-order valence-corrected chi connectivity index (χ4v) is 4.82. The topological polar surface area (TPSA) is 21.3 Å². The Balaban J connectivity index is 1.39. The van der Waals surface area contributed by atoms with E-state index >= 15 is 0 Å². The Labute approximate surface area is 121 Å². The first-order chi connectivity index (χ1) is 9.85. The van der Waals surface area contributed by atoms with Crippen LogP contribution in [0.15, 0.2) is 36.4 Å². The van der Waals surface area contributed by atoms with Crippen LogP contribution >= 0.6 is 0 Å². The molecule has 0 radical (unpaired) electrons. The molecule has 20 heavy (non-hydrogen) atoms. The lowest BCUT2D eigenvalue weighted by molar-refractivity contribution is 0.225. The van der Waals surface area contributed by atoms with Crippen molar-refractivity contribution in [3.05, 3.63) is 42.0 Å². The minimum absolute atomic E-state index is 0.729. The highest BCUT2D eigenvalue weighted by Gasteiger charge is 2.52. The third kappa shape index (κ3) is 1.98. The molecule has 3 aliphatic rings. The van der Waals surface area contributed by atoms with E-state index in [1.807, 2.05) is 6.07 Å². The molecule has 2 bridgehead atoms. The molecule has 1 aromatic carbocycles. The van der Waals surface area contributed by atoms with Gasteiger partial charge in [-0.3, -0.25) is 0 Å². The molecule has 0 aromatic heterocycles. The molecular formula is C18H23NO. The van der Waals surface area contributed by atoms with Crippen molar-refractivity contribution in [1.29, 1.82) is 0 Å². The van der Waals surface area contributed by atoms with Crippen molar-refractivity contribution in [3.63, 3.8) is 0 Å². The van der Waals surface area contributed by atoms with Crippen molar-refractivity contribution in [3.8, 4) is 5.75 Å². The van der Waals surface area contributed by atoms with Gasteiger partial charge in [0.1, 0.15) is 5.75 Å². The average Bonchev–Trinajstić information content (AvgIpc) is 3.17. The third-order valence-corrected chi connectivity index (χ3v) is 5.71. The fraction of sp³-hybridized carbons (Fsp3) is 0.556. The van der Waals surface area contributed by atoms with E-state index in [2.05, 4.69) is 35.7 Å². The van der Waals surface area contributed by atoms with Gasteiger partial charge in [-0.2, -0.15) is 0 Å². The zero-order valence-electron chi connectivity index (χ0n) is 12.1. The Morgan fingerprint density at radius 2 is 2.20 bits per heavy atom. The van der Waals surface area contributed by atoms with Crippen LogP contribution in [-0.4, -0.2) is 13.2 Å². The Hall–Kier alpha value is -1.28. The average molecular weight is 269 g/mol. The number of benzene rings is 1. The van der Waals surface area contributed by atoms with E-state index in [0.717, 1.165) is 42.0 Å². The van der Waals surface area contributed by atoms with Crippen molar-refractivity contribution in [2.45, 2.75) is 31.8 Å². The normalized spacial score (nSPS) is 37.4. The molecule has 5 atom stereocenters. The zero-order chi connectivity index (χ0) is 13.5. The highest BCUT2D eigenvalue weighted by Crippen LogP contribution is 2.56. The third-order valence-electron chi connectivity index (χ3n) is 5.71. The summed E-state index contributed by atoms with van der Waals surface area (Å²) in [5.74, 6) is 4.67. The summed E-state index contributed by atoms with van der Waals surface area (Å²) < 4.78 is 5.30. The molecule has 5 unspecified atom stereocenters. The molecule has 0 aliphatic heterocycles. The summed E-state index contributed by atoms with van der Waals surface area (Å²) in [6, 6.07) is 9.14. The van der Waals surface area contributed by atoms with E-state index < -0.39 is 0 Å². The molecule has 1 aromatic rings. The van der Waals surface area contributed by atoms with Crippen LogP contribution in [0.3, 0.4) is 0 Å². The number of fused-ring (bicyclic) bond motifs is 5. The van der Waals surface area contributed by atoms with Gasteiger partial charge in [0.25, 0.3) is 0 Å². The van der Waals surface area contributed by atoms with Gasteiger partial charge in [0.05, 0.1) is 7.11 Å². The van der Waals surface area contributed by atoms with Crippen LogP contribution in [0.5, 0.6) is 5.75 Å². The van der Waals surface area contributed by atoms with E-state index in [1.54, 1.807) is 7.11 Å². The van der Waals surface area contributed by atoms with Crippen molar-refractivity contribution in [2.75, 3.05) is 7.11 Å². The molecule has 1 N–H and O–H groups in total. The Morgan fingerprint density at radius 3 is 3.10 bits per heavy atom. The first-order valence-electron chi connectivity index (χ1n) is 7.88. The first-order valence-corrected chi connectivity index (χ1v) is 7.88. The number of allylic oxidation sites excluding steroid dienone is 2. The molecule has 106 valence electrons. The lowest BCUT2D eigenvalue weighted by Gasteiger charge is -2.32. The molecule has 2 fully saturated rings. The summed E-state index contributed by atoms with van der Waals surface area (Å²) in [5.41, 5.74) is 1.33. The number of methoxy groups -OCH3 is 1. The van der Waals surface area contributed by atoms with E-state index in [-0.39, 0.29) is 0 Å². The van der Waals surface area contributed by atoms with Gasteiger partial charge < -0.3 is 10.1 Å². The van der Waals surface area contributed by atoms with Gasteiger partial charge in [0.15, 0.2) is 0 Å². The Morgan fingerprint density at radius 1 is 1.25 bits per heavy atom. The van der Waals surface area contributed by atoms with E-state index in [4.69, 9.17) is 4.74 Å². The van der Waals surface area contributed by atoms with Crippen LogP contribution < -0.4 is 10.1 Å². The molecule has 4 rings (SSSR count). The second kappa shape index (κ2) is 4.92. The largest absolute Gasteiger partial charge is 0.497 e. The number of hydrogen-bond donors (Lipinski definition) is 1. The number of ether oxygens (including phenoxy) is 1. The summed E-state index contributed by atoms with van der Waals surface area (Å²) in [7, 11) is 1.73. The number of rotatable bonds is 4. The molecule has 2 heteroatoms. The molecule has 2 saturated carbocycles. The van der Waals surface area contributed by atoms with Crippen molar-refractivity contribution in [1.82, 2.24) is 5.32 Å². The molecule has 0 amide bonds. The van der Waals surface area contributed by atoms with Crippen LogP contribution in [0.25, 0.3) is 0 Å². The van der Waals surface area contributed by atoms with Crippen molar-refractivity contribution >= 4 is 0 Å². The van der Waals surface area contributed by atoms with E-state index in [1.165, 1.54) is 24.8 Å². The maximum atomic E-state index is 5.30. The van der Waals surface area contributed by atoms with Crippen LogP contribution in [-0.2, 0) is 6.54 Å². The molecular weight excluding hydrogens is 246 g/mol. The Kier molecular flexibility index (Phi) is 3.07. The van der Waals surface area contributed by atoms with Gasteiger partial charge in [-0.05, 0) is 60.6 Å². The van der Waals surface area contributed by atoms with Crippen molar-refractivity contribution in [2.24, 2.45) is 23.7 Å². The quantitative estimate of drug-likeness (QED) is 0.846. The van der Waals surface area contributed by atoms with Crippen molar-refractivity contribution < 1.29 is 4.74 Å². The summed E-state index contributed by atoms with van der Waals surface area (Å²) in [6.07, 6.45) is 9.06. The molecule has 2 nitrogen and oxygen atoms in total. The monoisotopic (exact) mass is 269 g/mol. The van der Waals surface area contributed by atoms with Gasteiger partial charge >= 0.3 is 0 Å². The maximum absolute atomic E-state index is 5.30. The maximum Gasteiger partial charge on any atom is 0.119 e. The number of nitrogens with one attached hydrogen (secondary N) is 1. The van der Waals surface area contributed by atoms with E-state index in [0.29, 0.717) is 0 Å². The lowest BCUT2D eigenvalue weighted by atomic mass is 9.79. The minimum Gasteiger partial charge on any atom is -0.497 e. The summed E-state index contributed by atoms with van der Waals surface area (Å²) in [4.78, 5) is 0. The van der Waals surface area contributed by atoms with Crippen LogP contribution in [0.4, 0.5) is 0 Å². The molecule has 0 heterocycles. The lowest BCUT2D eigenvalue weighted by Crippen LogP contribution is -2.39. The van der Waals surface area contributed by atoms with Gasteiger partial charge in [-0.1, -0.05) is 24.3 Å². The smallest absolute Gasteiger partial charge is 0.119 e. The van der Waals surface area contributed by atoms with Crippen LogP contribution in [0.2, 0.25) is 0 Å². The summed E-state index contributed by atoms with van der Waals surface area (Å²) in [5, 5.41) is 3.81. The molecule has 3 aliphatic carbocycles. The standard InChI is InChI=1S/C18H23NO/c1-20-14-5-2-4-12(8-14)11-19-18-10-13-9-17(18)16-7-3-6-15(13)16/h2-6,8,13,15-19H,7,9-11H2,1H3. The zero-order valence-corrected chi connectivity index (χ0v) is 12.1. The minimum atomic E-state index is 0.729. The number of hydrogen-bond acceptors (Lipinski definition) is 2. The van der Waals surface area contributed by atoms with Crippen LogP contribution in [0, 0.1) is 23.7 Å². The first kappa shape index (κ1) is 12.5. The van der Waals surface area contributed by atoms with Gasteiger partial charge in [-0.25, -0.2) is 0 Å². The highest BCUT2D eigenvalue weighted by atomic mass is 16.5. The summed E-state index contributed by atoms with van der Waals surface area (Å²) >= 11 is 0. The predicted octanol–water partition coefficient (Wildman–Crippen LogP) is 3.39. The van der Waals surface area contributed by atoms with E-state index in [9.17, 15) is 0 Å². The summed E-state index contributed by atoms with van der Waals surface area (Å²) in [6.45, 7) is 0.968. The highest BCUT2D eigenvalue weighted by molar-refractivity contribution is 5.28. The SMILES string of the molecule is COc1cccc(CNC2CC3CC2C2CC=CC32)c1. The molecule has 0 saturated heterocycles. The van der Waals surface area contributed by atoms with Crippen LogP contribution in [0.1, 0.15) is 24.8 Å². The fourth-order valence-electron chi connectivity index (χ4n) is 4.82. The van der Waals surface area contributed by atoms with Gasteiger partial charge in [-0.15, -0.1) is 0 Å². The Bertz CT molecular complexity index is 524. The second-order valence-electron chi connectivity index (χ2n) is 6.64. The molecule has 0 spiro atoms. The van der Waals surface area contributed by atoms with Gasteiger partial charge in [0.2, 0.25) is 0 Å². The second-order valence-corrected chi connectivity index (χ2v) is 6.64.